The van der Waals surface area contributed by atoms with Crippen molar-refractivity contribution in [3.8, 4) is 21.8 Å². The normalized spacial score (nSPS) is 13.5. The van der Waals surface area contributed by atoms with Gasteiger partial charge < -0.3 is 4.90 Å². The van der Waals surface area contributed by atoms with Gasteiger partial charge in [-0.25, -0.2) is 4.98 Å². The summed E-state index contributed by atoms with van der Waals surface area (Å²) in [4.78, 5) is 18.3. The van der Waals surface area contributed by atoms with E-state index < -0.39 is 0 Å². The van der Waals surface area contributed by atoms with E-state index in [1.54, 1.807) is 16.2 Å². The van der Waals surface area contributed by atoms with Gasteiger partial charge >= 0.3 is 0 Å². The van der Waals surface area contributed by atoms with Crippen LogP contribution in [-0.4, -0.2) is 17.9 Å². The lowest BCUT2D eigenvalue weighted by molar-refractivity contribution is -0.117. The summed E-state index contributed by atoms with van der Waals surface area (Å²) in [5.41, 5.74) is 6.52. The Morgan fingerprint density at radius 3 is 2.83 bits per heavy atom. The summed E-state index contributed by atoms with van der Waals surface area (Å²) in [6.07, 6.45) is 0.481. The first-order valence-corrected chi connectivity index (χ1v) is 8.42. The van der Waals surface area contributed by atoms with Crippen LogP contribution >= 0.6 is 11.3 Å². The van der Waals surface area contributed by atoms with Gasteiger partial charge in [0.1, 0.15) is 5.01 Å². The molecule has 1 aromatic heterocycles. The number of amides is 1. The van der Waals surface area contributed by atoms with Crippen molar-refractivity contribution in [1.29, 1.82) is 0 Å². The van der Waals surface area contributed by atoms with Crippen molar-refractivity contribution in [2.24, 2.45) is 0 Å². The molecule has 0 bridgehead atoms. The molecule has 23 heavy (non-hydrogen) atoms. The van der Waals surface area contributed by atoms with E-state index in [0.717, 1.165) is 33.1 Å². The van der Waals surface area contributed by atoms with Gasteiger partial charge in [-0.05, 0) is 30.7 Å². The van der Waals surface area contributed by atoms with Gasteiger partial charge in [0.05, 0.1) is 12.1 Å². The molecule has 1 aliphatic heterocycles. The van der Waals surface area contributed by atoms with E-state index >= 15 is 0 Å². The number of benzene rings is 2. The lowest BCUT2D eigenvalue weighted by atomic mass is 10.1. The molecular weight excluding hydrogens is 304 g/mol. The fraction of sp³-hybridized carbons (Fsp3) is 0.158. The topological polar surface area (TPSA) is 33.2 Å². The van der Waals surface area contributed by atoms with Crippen LogP contribution in [0.5, 0.6) is 0 Å². The average Bonchev–Trinajstić information content (AvgIpc) is 3.13. The maximum atomic E-state index is 11.8. The van der Waals surface area contributed by atoms with Gasteiger partial charge in [0.25, 0.3) is 0 Å². The zero-order valence-electron chi connectivity index (χ0n) is 13.0. The first-order chi connectivity index (χ1) is 11.1. The van der Waals surface area contributed by atoms with Gasteiger partial charge in [0.15, 0.2) is 0 Å². The highest BCUT2D eigenvalue weighted by atomic mass is 32.1. The summed E-state index contributed by atoms with van der Waals surface area (Å²) >= 11 is 1.65. The zero-order chi connectivity index (χ0) is 16.0. The monoisotopic (exact) mass is 320 g/mol. The number of thiazole rings is 1. The summed E-state index contributed by atoms with van der Waals surface area (Å²) in [7, 11) is 1.83. The Morgan fingerprint density at radius 2 is 2.00 bits per heavy atom. The molecule has 0 N–H and O–H groups in total. The molecule has 0 spiro atoms. The molecule has 2 heterocycles. The second kappa shape index (κ2) is 5.32. The van der Waals surface area contributed by atoms with E-state index in [4.69, 9.17) is 4.98 Å². The SMILES string of the molecule is Cc1cccc(-c2nc(-c3ccc4c(c3)CC(=O)N4C)cs2)c1. The van der Waals surface area contributed by atoms with Gasteiger partial charge in [-0.1, -0.05) is 29.8 Å². The summed E-state index contributed by atoms with van der Waals surface area (Å²) in [5, 5.41) is 3.11. The Kier molecular flexibility index (Phi) is 3.27. The third kappa shape index (κ3) is 2.45. The second-order valence-corrected chi connectivity index (χ2v) is 6.74. The van der Waals surface area contributed by atoms with E-state index in [2.05, 4.69) is 42.6 Å². The van der Waals surface area contributed by atoms with Crippen LogP contribution in [0.4, 0.5) is 5.69 Å². The van der Waals surface area contributed by atoms with Crippen LogP contribution in [0.15, 0.2) is 47.8 Å². The molecule has 1 aliphatic rings. The Hall–Kier alpha value is -2.46. The Morgan fingerprint density at radius 1 is 1.13 bits per heavy atom. The highest BCUT2D eigenvalue weighted by Crippen LogP contribution is 2.34. The van der Waals surface area contributed by atoms with Crippen molar-refractivity contribution in [3.63, 3.8) is 0 Å². The van der Waals surface area contributed by atoms with Crippen LogP contribution in [0, 0.1) is 6.92 Å². The van der Waals surface area contributed by atoms with Crippen LogP contribution in [0.25, 0.3) is 21.8 Å². The maximum absolute atomic E-state index is 11.8. The van der Waals surface area contributed by atoms with Crippen molar-refractivity contribution >= 4 is 22.9 Å². The van der Waals surface area contributed by atoms with Crippen LogP contribution in [-0.2, 0) is 11.2 Å². The number of aryl methyl sites for hydroxylation is 1. The minimum atomic E-state index is 0.149. The molecule has 4 rings (SSSR count). The molecule has 1 amide bonds. The maximum Gasteiger partial charge on any atom is 0.231 e. The molecule has 0 radical (unpaired) electrons. The number of rotatable bonds is 2. The summed E-state index contributed by atoms with van der Waals surface area (Å²) in [6, 6.07) is 14.5. The van der Waals surface area contributed by atoms with Crippen LogP contribution in [0.1, 0.15) is 11.1 Å². The lowest BCUT2D eigenvalue weighted by Crippen LogP contribution is -2.20. The van der Waals surface area contributed by atoms with Gasteiger partial charge in [-0.2, -0.15) is 0 Å². The largest absolute Gasteiger partial charge is 0.315 e. The minimum Gasteiger partial charge on any atom is -0.315 e. The van der Waals surface area contributed by atoms with E-state index in [-0.39, 0.29) is 5.91 Å². The van der Waals surface area contributed by atoms with E-state index in [1.807, 2.05) is 19.2 Å². The van der Waals surface area contributed by atoms with Crippen molar-refractivity contribution < 1.29 is 4.79 Å². The average molecular weight is 320 g/mol. The quantitative estimate of drug-likeness (QED) is 0.705. The molecule has 0 atom stereocenters. The molecule has 0 saturated carbocycles. The Bertz CT molecular complexity index is 913. The van der Waals surface area contributed by atoms with Gasteiger partial charge in [0, 0.05) is 29.2 Å². The number of hydrogen-bond acceptors (Lipinski definition) is 3. The number of carbonyl (C=O) groups excluding carboxylic acids is 1. The summed E-state index contributed by atoms with van der Waals surface area (Å²) < 4.78 is 0. The van der Waals surface area contributed by atoms with Crippen LogP contribution in [0.2, 0.25) is 0 Å². The van der Waals surface area contributed by atoms with Crippen molar-refractivity contribution in [2.45, 2.75) is 13.3 Å². The fourth-order valence-corrected chi connectivity index (χ4v) is 3.77. The van der Waals surface area contributed by atoms with Crippen LogP contribution in [0.3, 0.4) is 0 Å². The Balaban J connectivity index is 1.70. The molecule has 0 saturated heterocycles. The number of anilines is 1. The molecule has 4 heteroatoms. The summed E-state index contributed by atoms with van der Waals surface area (Å²) in [5.74, 6) is 0.149. The van der Waals surface area contributed by atoms with E-state index in [1.165, 1.54) is 5.56 Å². The number of aromatic nitrogens is 1. The lowest BCUT2D eigenvalue weighted by Gasteiger charge is -2.09. The number of hydrogen-bond donors (Lipinski definition) is 0. The molecule has 2 aromatic carbocycles. The predicted octanol–water partition coefficient (Wildman–Crippen LogP) is 4.30. The van der Waals surface area contributed by atoms with Gasteiger partial charge in [-0.3, -0.25) is 4.79 Å². The van der Waals surface area contributed by atoms with Crippen molar-refractivity contribution in [1.82, 2.24) is 4.98 Å². The fourth-order valence-electron chi connectivity index (χ4n) is 2.95. The first-order valence-electron chi connectivity index (χ1n) is 7.54. The molecule has 0 unspecified atom stereocenters. The summed E-state index contributed by atoms with van der Waals surface area (Å²) in [6.45, 7) is 2.09. The zero-order valence-corrected chi connectivity index (χ0v) is 13.9. The second-order valence-electron chi connectivity index (χ2n) is 5.88. The number of nitrogens with zero attached hydrogens (tertiary/aromatic N) is 2. The van der Waals surface area contributed by atoms with E-state index in [9.17, 15) is 4.79 Å². The number of fused-ring (bicyclic) bond motifs is 1. The third-order valence-electron chi connectivity index (χ3n) is 4.22. The van der Waals surface area contributed by atoms with E-state index in [0.29, 0.717) is 6.42 Å². The third-order valence-corrected chi connectivity index (χ3v) is 5.11. The number of likely N-dealkylation sites (N-methyl/N-ethyl adjacent to an activating group) is 1. The highest BCUT2D eigenvalue weighted by molar-refractivity contribution is 7.13. The molecule has 3 aromatic rings. The van der Waals surface area contributed by atoms with Crippen molar-refractivity contribution in [2.75, 3.05) is 11.9 Å². The predicted molar refractivity (Wildman–Crippen MR) is 94.8 cm³/mol. The Labute approximate surface area is 139 Å². The minimum absolute atomic E-state index is 0.149. The molecule has 0 fully saturated rings. The molecule has 114 valence electrons. The smallest absolute Gasteiger partial charge is 0.231 e. The molecule has 0 aliphatic carbocycles. The highest BCUT2D eigenvalue weighted by Gasteiger charge is 2.24. The first kappa shape index (κ1) is 14.2. The van der Waals surface area contributed by atoms with Gasteiger partial charge in [0.2, 0.25) is 5.91 Å². The van der Waals surface area contributed by atoms with Gasteiger partial charge in [-0.15, -0.1) is 11.3 Å². The molecule has 3 nitrogen and oxygen atoms in total. The molecular formula is C19H16N2OS. The number of carbonyl (C=O) groups is 1. The van der Waals surface area contributed by atoms with Crippen LogP contribution < -0.4 is 4.90 Å². The standard InChI is InChI=1S/C19H16N2OS/c1-12-4-3-5-14(8-12)19-20-16(11-23-19)13-6-7-17-15(9-13)10-18(22)21(17)2/h3-9,11H,10H2,1-2H3. The van der Waals surface area contributed by atoms with Crippen molar-refractivity contribution in [3.05, 3.63) is 59.0 Å².